The normalized spacial score (nSPS) is 24.5. The third kappa shape index (κ3) is 6.56. The monoisotopic (exact) mass is 437 g/mol. The minimum absolute atomic E-state index is 0.0479. The van der Waals surface area contributed by atoms with Crippen molar-refractivity contribution in [2.45, 2.75) is 71.0 Å². The van der Waals surface area contributed by atoms with Gasteiger partial charge in [-0.1, -0.05) is 37.6 Å². The summed E-state index contributed by atoms with van der Waals surface area (Å²) in [6.45, 7) is 12.0. The van der Waals surface area contributed by atoms with Gasteiger partial charge in [-0.05, 0) is 69.3 Å². The molecule has 0 aliphatic heterocycles. The zero-order chi connectivity index (χ0) is 23.0. The minimum Gasteiger partial charge on any atom is -0.370 e. The topological polar surface area (TPSA) is 116 Å². The van der Waals surface area contributed by atoms with Crippen molar-refractivity contribution in [3.63, 3.8) is 0 Å². The SMILES string of the molecule is C=C[C@@](C)(CCC=C(C)CC[C@]1(C)C(C=O)=CCC[C@H]1C)S(=O)(=O)CCN=C(N)N. The predicted molar refractivity (Wildman–Crippen MR) is 126 cm³/mol. The van der Waals surface area contributed by atoms with E-state index in [1.165, 1.54) is 11.6 Å². The van der Waals surface area contributed by atoms with Gasteiger partial charge in [0, 0.05) is 0 Å². The van der Waals surface area contributed by atoms with Gasteiger partial charge in [0.2, 0.25) is 0 Å². The molecule has 0 aromatic heterocycles. The third-order valence-electron chi connectivity index (χ3n) is 6.81. The first-order valence-corrected chi connectivity index (χ1v) is 12.3. The highest BCUT2D eigenvalue weighted by molar-refractivity contribution is 7.93. The summed E-state index contributed by atoms with van der Waals surface area (Å²) >= 11 is 0. The van der Waals surface area contributed by atoms with Crippen molar-refractivity contribution < 1.29 is 13.2 Å². The van der Waals surface area contributed by atoms with Crippen LogP contribution >= 0.6 is 0 Å². The summed E-state index contributed by atoms with van der Waals surface area (Å²) in [5, 5.41) is 0. The number of allylic oxidation sites excluding steroid dienone is 4. The van der Waals surface area contributed by atoms with E-state index in [2.05, 4.69) is 44.5 Å². The van der Waals surface area contributed by atoms with Crippen molar-refractivity contribution in [2.24, 2.45) is 27.8 Å². The zero-order valence-electron chi connectivity index (χ0n) is 19.0. The first kappa shape index (κ1) is 26.1. The number of aliphatic imine (C=N–C) groups is 1. The van der Waals surface area contributed by atoms with E-state index in [1.54, 1.807) is 6.92 Å². The Morgan fingerprint density at radius 3 is 2.67 bits per heavy atom. The second-order valence-corrected chi connectivity index (χ2v) is 11.5. The summed E-state index contributed by atoms with van der Waals surface area (Å²) < 4.78 is 24.4. The van der Waals surface area contributed by atoms with E-state index in [1.807, 2.05) is 0 Å². The molecule has 0 saturated carbocycles. The molecule has 0 amide bonds. The summed E-state index contributed by atoms with van der Waals surface area (Å²) in [4.78, 5) is 15.3. The summed E-state index contributed by atoms with van der Waals surface area (Å²) in [7, 11) is -3.43. The highest BCUT2D eigenvalue weighted by Gasteiger charge is 2.37. The van der Waals surface area contributed by atoms with Gasteiger partial charge >= 0.3 is 0 Å². The first-order valence-electron chi connectivity index (χ1n) is 10.6. The molecule has 1 aliphatic rings. The Morgan fingerprint density at radius 1 is 1.43 bits per heavy atom. The molecule has 0 aromatic carbocycles. The van der Waals surface area contributed by atoms with Gasteiger partial charge in [0.25, 0.3) is 0 Å². The number of sulfone groups is 1. The number of aldehydes is 1. The van der Waals surface area contributed by atoms with Crippen LogP contribution in [-0.4, -0.2) is 37.7 Å². The molecule has 4 N–H and O–H groups in total. The average molecular weight is 438 g/mol. The predicted octanol–water partition coefficient (Wildman–Crippen LogP) is 3.69. The Morgan fingerprint density at radius 2 is 2.10 bits per heavy atom. The largest absolute Gasteiger partial charge is 0.370 e. The molecular formula is C23H39N3O3S. The van der Waals surface area contributed by atoms with Crippen molar-refractivity contribution >= 4 is 22.1 Å². The van der Waals surface area contributed by atoms with Crippen molar-refractivity contribution in [1.82, 2.24) is 0 Å². The number of rotatable bonds is 12. The molecule has 0 aromatic rings. The Bertz CT molecular complexity index is 810. The molecule has 1 aliphatic carbocycles. The number of carbonyl (C=O) groups is 1. The van der Waals surface area contributed by atoms with Gasteiger partial charge in [0.15, 0.2) is 15.8 Å². The van der Waals surface area contributed by atoms with Crippen LogP contribution in [0.5, 0.6) is 0 Å². The second kappa shape index (κ2) is 10.9. The summed E-state index contributed by atoms with van der Waals surface area (Å²) in [6.07, 6.45) is 11.7. The number of nitrogens with two attached hydrogens (primary N) is 2. The van der Waals surface area contributed by atoms with E-state index in [-0.39, 0.29) is 23.7 Å². The average Bonchev–Trinajstić information content (AvgIpc) is 2.67. The Labute approximate surface area is 182 Å². The standard InChI is InChI=1S/C23H39N3O3S/c1-6-22(4,30(28,29)16-15-26-21(24)25)13-8-9-18(2)12-14-23(5)19(3)10-7-11-20(23)17-27/h6,9,11,17,19H,1,7-8,10,12-16H2,2-5H3,(H4,24,25,26)/t19-,22+,23+/m1/s1. The number of guanidine groups is 1. The lowest BCUT2D eigenvalue weighted by Gasteiger charge is -2.39. The van der Waals surface area contributed by atoms with Gasteiger partial charge in [-0.15, -0.1) is 6.58 Å². The lowest BCUT2D eigenvalue weighted by Crippen LogP contribution is -2.36. The van der Waals surface area contributed by atoms with Crippen LogP contribution in [0.2, 0.25) is 0 Å². The fourth-order valence-electron chi connectivity index (χ4n) is 3.98. The maximum Gasteiger partial charge on any atom is 0.185 e. The molecular weight excluding hydrogens is 398 g/mol. The van der Waals surface area contributed by atoms with Gasteiger partial charge in [-0.25, -0.2) is 8.42 Å². The molecule has 0 radical (unpaired) electrons. The van der Waals surface area contributed by atoms with Crippen LogP contribution in [0.4, 0.5) is 0 Å². The van der Waals surface area contributed by atoms with Crippen LogP contribution in [0, 0.1) is 11.3 Å². The van der Waals surface area contributed by atoms with Gasteiger partial charge in [0.1, 0.15) is 6.29 Å². The van der Waals surface area contributed by atoms with E-state index in [0.29, 0.717) is 18.8 Å². The van der Waals surface area contributed by atoms with Crippen LogP contribution in [-0.2, 0) is 14.6 Å². The van der Waals surface area contributed by atoms with Crippen LogP contribution in [0.1, 0.15) is 66.2 Å². The molecule has 0 fully saturated rings. The van der Waals surface area contributed by atoms with Crippen molar-refractivity contribution in [3.8, 4) is 0 Å². The fraction of sp³-hybridized carbons (Fsp3) is 0.652. The van der Waals surface area contributed by atoms with E-state index < -0.39 is 14.6 Å². The van der Waals surface area contributed by atoms with Crippen LogP contribution in [0.15, 0.2) is 40.9 Å². The van der Waals surface area contributed by atoms with Crippen molar-refractivity contribution in [3.05, 3.63) is 36.0 Å². The minimum atomic E-state index is -3.43. The number of hydrogen-bond donors (Lipinski definition) is 2. The lowest BCUT2D eigenvalue weighted by molar-refractivity contribution is -0.106. The van der Waals surface area contributed by atoms with Gasteiger partial charge < -0.3 is 11.5 Å². The summed E-state index contributed by atoms with van der Waals surface area (Å²) in [6, 6.07) is 0. The molecule has 6 nitrogen and oxygen atoms in total. The van der Waals surface area contributed by atoms with Gasteiger partial charge in [0.05, 0.1) is 17.0 Å². The quantitative estimate of drug-likeness (QED) is 0.209. The molecule has 0 saturated heterocycles. The second-order valence-electron chi connectivity index (χ2n) is 8.90. The maximum atomic E-state index is 12.7. The van der Waals surface area contributed by atoms with E-state index in [9.17, 15) is 13.2 Å². The molecule has 0 unspecified atom stereocenters. The summed E-state index contributed by atoms with van der Waals surface area (Å²) in [5.74, 6) is 0.236. The molecule has 0 spiro atoms. The van der Waals surface area contributed by atoms with Crippen LogP contribution < -0.4 is 11.5 Å². The lowest BCUT2D eigenvalue weighted by atomic mass is 9.65. The van der Waals surface area contributed by atoms with Crippen molar-refractivity contribution in [1.29, 1.82) is 0 Å². The van der Waals surface area contributed by atoms with Gasteiger partial charge in [-0.3, -0.25) is 9.79 Å². The Kier molecular flexibility index (Phi) is 9.53. The highest BCUT2D eigenvalue weighted by Crippen LogP contribution is 2.45. The number of carbonyl (C=O) groups excluding carboxylic acids is 1. The smallest absolute Gasteiger partial charge is 0.185 e. The molecule has 30 heavy (non-hydrogen) atoms. The van der Waals surface area contributed by atoms with E-state index >= 15 is 0 Å². The Hall–Kier alpha value is -1.89. The van der Waals surface area contributed by atoms with Crippen molar-refractivity contribution in [2.75, 3.05) is 12.3 Å². The van der Waals surface area contributed by atoms with Crippen LogP contribution in [0.25, 0.3) is 0 Å². The number of hydrogen-bond acceptors (Lipinski definition) is 4. The fourth-order valence-corrected chi connectivity index (χ4v) is 5.46. The molecule has 170 valence electrons. The third-order valence-corrected chi connectivity index (χ3v) is 9.32. The highest BCUT2D eigenvalue weighted by atomic mass is 32.2. The Balaban J connectivity index is 2.73. The zero-order valence-corrected chi connectivity index (χ0v) is 19.8. The van der Waals surface area contributed by atoms with Gasteiger partial charge in [-0.2, -0.15) is 0 Å². The molecule has 0 bridgehead atoms. The molecule has 7 heteroatoms. The van der Waals surface area contributed by atoms with E-state index in [0.717, 1.165) is 37.5 Å². The summed E-state index contributed by atoms with van der Waals surface area (Å²) in [5.41, 5.74) is 12.6. The molecule has 3 atom stereocenters. The number of nitrogens with zero attached hydrogens (tertiary/aromatic N) is 1. The maximum absolute atomic E-state index is 12.7. The van der Waals surface area contributed by atoms with Crippen LogP contribution in [0.3, 0.4) is 0 Å². The van der Waals surface area contributed by atoms with E-state index in [4.69, 9.17) is 11.5 Å². The first-order chi connectivity index (χ1) is 13.9. The molecule has 0 heterocycles. The molecule has 1 rings (SSSR count).